The molecule has 1 aliphatic rings. The summed E-state index contributed by atoms with van der Waals surface area (Å²) in [5, 5.41) is 15.0. The first-order valence-electron chi connectivity index (χ1n) is 7.05. The van der Waals surface area contributed by atoms with Crippen LogP contribution in [0.1, 0.15) is 51.2 Å². The van der Waals surface area contributed by atoms with Crippen LogP contribution >= 0.6 is 0 Å². The van der Waals surface area contributed by atoms with E-state index in [1.54, 1.807) is 10.9 Å². The molecular formula is C14H25N3O. The minimum atomic E-state index is -0.423. The van der Waals surface area contributed by atoms with Gasteiger partial charge in [0.2, 0.25) is 0 Å². The Hall–Kier alpha value is -0.870. The van der Waals surface area contributed by atoms with E-state index in [0.717, 1.165) is 31.5 Å². The number of rotatable bonds is 5. The Balaban J connectivity index is 2.29. The molecule has 18 heavy (non-hydrogen) atoms. The van der Waals surface area contributed by atoms with Crippen LogP contribution in [0.2, 0.25) is 0 Å². The highest BCUT2D eigenvalue weighted by Gasteiger charge is 2.45. The van der Waals surface area contributed by atoms with Gasteiger partial charge in [0.1, 0.15) is 6.10 Å². The Kier molecular flexibility index (Phi) is 4.07. The molecule has 0 spiro atoms. The maximum atomic E-state index is 10.8. The minimum Gasteiger partial charge on any atom is -0.386 e. The van der Waals surface area contributed by atoms with Crippen molar-refractivity contribution in [3.05, 3.63) is 18.0 Å². The molecule has 1 unspecified atom stereocenters. The van der Waals surface area contributed by atoms with Gasteiger partial charge in [0, 0.05) is 18.8 Å². The van der Waals surface area contributed by atoms with Crippen LogP contribution in [-0.2, 0) is 7.05 Å². The molecule has 0 aromatic carbocycles. The van der Waals surface area contributed by atoms with Gasteiger partial charge in [-0.25, -0.2) is 0 Å². The number of likely N-dealkylation sites (N-methyl/N-ethyl adjacent to an activating group) is 1. The zero-order valence-electron chi connectivity index (χ0n) is 11.8. The normalized spacial score (nSPS) is 20.5. The van der Waals surface area contributed by atoms with Crippen molar-refractivity contribution in [2.75, 3.05) is 13.1 Å². The topological polar surface area (TPSA) is 41.3 Å². The van der Waals surface area contributed by atoms with Gasteiger partial charge in [-0.05, 0) is 25.9 Å². The molecule has 2 rings (SSSR count). The van der Waals surface area contributed by atoms with Gasteiger partial charge in [-0.2, -0.15) is 5.10 Å². The molecule has 0 bridgehead atoms. The summed E-state index contributed by atoms with van der Waals surface area (Å²) in [6.07, 6.45) is 7.92. The predicted octanol–water partition coefficient (Wildman–Crippen LogP) is 2.11. The fourth-order valence-corrected chi connectivity index (χ4v) is 3.49. The smallest absolute Gasteiger partial charge is 0.100 e. The number of aryl methyl sites for hydroxylation is 1. The second kappa shape index (κ2) is 5.41. The second-order valence-electron chi connectivity index (χ2n) is 5.33. The summed E-state index contributed by atoms with van der Waals surface area (Å²) in [6, 6.07) is 0. The van der Waals surface area contributed by atoms with Crippen LogP contribution in [0.15, 0.2) is 12.4 Å². The lowest BCUT2D eigenvalue weighted by Gasteiger charge is -2.43. The van der Waals surface area contributed by atoms with Crippen LogP contribution in [0.5, 0.6) is 0 Å². The highest BCUT2D eigenvalue weighted by Crippen LogP contribution is 2.44. The largest absolute Gasteiger partial charge is 0.386 e. The van der Waals surface area contributed by atoms with Crippen molar-refractivity contribution in [2.45, 2.75) is 51.2 Å². The number of aromatic nitrogens is 2. The molecule has 0 amide bonds. The lowest BCUT2D eigenvalue weighted by molar-refractivity contribution is -0.0269. The minimum absolute atomic E-state index is 0.0769. The van der Waals surface area contributed by atoms with E-state index in [1.165, 1.54) is 12.8 Å². The number of aliphatic hydroxyl groups is 1. The van der Waals surface area contributed by atoms with Crippen LogP contribution in [0.3, 0.4) is 0 Å². The van der Waals surface area contributed by atoms with Crippen molar-refractivity contribution in [1.82, 2.24) is 14.7 Å². The molecule has 1 fully saturated rings. The molecule has 1 aromatic rings. The molecule has 1 heterocycles. The van der Waals surface area contributed by atoms with Crippen LogP contribution in [0.25, 0.3) is 0 Å². The summed E-state index contributed by atoms with van der Waals surface area (Å²) in [6.45, 7) is 6.35. The predicted molar refractivity (Wildman–Crippen MR) is 72.3 cm³/mol. The summed E-state index contributed by atoms with van der Waals surface area (Å²) in [5.74, 6) is 0. The molecular weight excluding hydrogens is 226 g/mol. The zero-order chi connectivity index (χ0) is 13.2. The molecule has 102 valence electrons. The SMILES string of the molecule is CCN(CC)C1(C(O)c2cnn(C)c2)CCCC1. The summed E-state index contributed by atoms with van der Waals surface area (Å²) < 4.78 is 1.77. The van der Waals surface area contributed by atoms with E-state index >= 15 is 0 Å². The highest BCUT2D eigenvalue weighted by molar-refractivity contribution is 5.16. The average Bonchev–Trinajstić information content (AvgIpc) is 3.00. The maximum absolute atomic E-state index is 10.8. The molecule has 1 aliphatic carbocycles. The van der Waals surface area contributed by atoms with Crippen LogP contribution < -0.4 is 0 Å². The first-order valence-corrected chi connectivity index (χ1v) is 7.05. The summed E-state index contributed by atoms with van der Waals surface area (Å²) in [7, 11) is 1.90. The Morgan fingerprint density at radius 2 is 2.00 bits per heavy atom. The number of aliphatic hydroxyl groups excluding tert-OH is 1. The Morgan fingerprint density at radius 1 is 1.39 bits per heavy atom. The maximum Gasteiger partial charge on any atom is 0.100 e. The molecule has 1 saturated carbocycles. The van der Waals surface area contributed by atoms with Gasteiger partial charge in [-0.15, -0.1) is 0 Å². The lowest BCUT2D eigenvalue weighted by atomic mass is 9.85. The van der Waals surface area contributed by atoms with Crippen molar-refractivity contribution >= 4 is 0 Å². The van der Waals surface area contributed by atoms with Gasteiger partial charge in [0.25, 0.3) is 0 Å². The van der Waals surface area contributed by atoms with E-state index < -0.39 is 6.10 Å². The summed E-state index contributed by atoms with van der Waals surface area (Å²) in [4.78, 5) is 2.43. The monoisotopic (exact) mass is 251 g/mol. The van der Waals surface area contributed by atoms with Gasteiger partial charge in [-0.1, -0.05) is 26.7 Å². The fraction of sp³-hybridized carbons (Fsp3) is 0.786. The van der Waals surface area contributed by atoms with E-state index in [0.29, 0.717) is 0 Å². The van der Waals surface area contributed by atoms with Crippen molar-refractivity contribution < 1.29 is 5.11 Å². The van der Waals surface area contributed by atoms with Crippen LogP contribution in [-0.4, -0.2) is 38.4 Å². The van der Waals surface area contributed by atoms with Gasteiger partial charge < -0.3 is 5.11 Å². The van der Waals surface area contributed by atoms with Crippen molar-refractivity contribution in [2.24, 2.45) is 7.05 Å². The third-order valence-corrected chi connectivity index (χ3v) is 4.41. The van der Waals surface area contributed by atoms with Gasteiger partial charge in [-0.3, -0.25) is 9.58 Å². The molecule has 1 N–H and O–H groups in total. The third kappa shape index (κ3) is 2.19. The fourth-order valence-electron chi connectivity index (χ4n) is 3.49. The molecule has 0 radical (unpaired) electrons. The molecule has 1 aromatic heterocycles. The lowest BCUT2D eigenvalue weighted by Crippen LogP contribution is -2.51. The zero-order valence-corrected chi connectivity index (χ0v) is 11.8. The molecule has 0 saturated heterocycles. The van der Waals surface area contributed by atoms with Crippen molar-refractivity contribution in [3.8, 4) is 0 Å². The third-order valence-electron chi connectivity index (χ3n) is 4.41. The molecule has 4 nitrogen and oxygen atoms in total. The quantitative estimate of drug-likeness (QED) is 0.871. The molecule has 1 atom stereocenters. The van der Waals surface area contributed by atoms with Gasteiger partial charge >= 0.3 is 0 Å². The standard InChI is InChI=1S/C14H25N3O/c1-4-17(5-2)14(8-6-7-9-14)13(18)12-10-15-16(3)11-12/h10-11,13,18H,4-9H2,1-3H3. The number of hydrogen-bond acceptors (Lipinski definition) is 3. The summed E-state index contributed by atoms with van der Waals surface area (Å²) in [5.41, 5.74) is 0.873. The first-order chi connectivity index (χ1) is 8.64. The van der Waals surface area contributed by atoms with Crippen molar-refractivity contribution in [1.29, 1.82) is 0 Å². The Morgan fingerprint density at radius 3 is 2.44 bits per heavy atom. The summed E-state index contributed by atoms with van der Waals surface area (Å²) >= 11 is 0. The van der Waals surface area contributed by atoms with E-state index in [2.05, 4.69) is 23.8 Å². The second-order valence-corrected chi connectivity index (χ2v) is 5.33. The van der Waals surface area contributed by atoms with E-state index in [1.807, 2.05) is 13.2 Å². The molecule has 0 aliphatic heterocycles. The van der Waals surface area contributed by atoms with Crippen LogP contribution in [0.4, 0.5) is 0 Å². The first kappa shape index (κ1) is 13.6. The van der Waals surface area contributed by atoms with Gasteiger partial charge in [0.15, 0.2) is 0 Å². The molecule has 4 heteroatoms. The van der Waals surface area contributed by atoms with E-state index in [4.69, 9.17) is 0 Å². The number of hydrogen-bond donors (Lipinski definition) is 1. The Labute approximate surface area is 110 Å². The van der Waals surface area contributed by atoms with Crippen molar-refractivity contribution in [3.63, 3.8) is 0 Å². The Bertz CT molecular complexity index is 378. The highest BCUT2D eigenvalue weighted by atomic mass is 16.3. The average molecular weight is 251 g/mol. The van der Waals surface area contributed by atoms with Crippen LogP contribution in [0, 0.1) is 0 Å². The number of nitrogens with zero attached hydrogens (tertiary/aromatic N) is 3. The van der Waals surface area contributed by atoms with E-state index in [-0.39, 0.29) is 5.54 Å². The van der Waals surface area contributed by atoms with E-state index in [9.17, 15) is 5.11 Å². The van der Waals surface area contributed by atoms with Gasteiger partial charge in [0.05, 0.1) is 11.7 Å².